The molecule has 3 amide bonds. The van der Waals surface area contributed by atoms with Crippen molar-refractivity contribution in [1.82, 2.24) is 20.4 Å². The number of likely N-dealkylation sites (tertiary alicyclic amines) is 1. The highest BCUT2D eigenvalue weighted by Gasteiger charge is 2.19. The summed E-state index contributed by atoms with van der Waals surface area (Å²) in [4.78, 5) is 38.6. The summed E-state index contributed by atoms with van der Waals surface area (Å²) in [5.41, 5.74) is 2.06. The Kier molecular flexibility index (Phi) is 8.04. The molecule has 0 saturated carbocycles. The average Bonchev–Trinajstić information content (AvgIpc) is 3.50. The number of carbonyl (C=O) groups is 3. The molecule has 1 aliphatic heterocycles. The first kappa shape index (κ1) is 24.3. The highest BCUT2D eigenvalue weighted by atomic mass is 32.1. The van der Waals surface area contributed by atoms with Crippen LogP contribution in [-0.4, -0.2) is 52.5 Å². The fraction of sp³-hybridized carbons (Fsp3) is 0.320. The van der Waals surface area contributed by atoms with E-state index in [-0.39, 0.29) is 23.4 Å². The Morgan fingerprint density at radius 1 is 1.11 bits per heavy atom. The second-order valence-corrected chi connectivity index (χ2v) is 9.29. The summed E-state index contributed by atoms with van der Waals surface area (Å²) in [6.45, 7) is 4.13. The van der Waals surface area contributed by atoms with E-state index in [9.17, 15) is 14.4 Å². The van der Waals surface area contributed by atoms with E-state index in [2.05, 4.69) is 20.8 Å². The van der Waals surface area contributed by atoms with Gasteiger partial charge in [0.25, 0.3) is 11.8 Å². The van der Waals surface area contributed by atoms with Gasteiger partial charge in [-0.25, -0.2) is 0 Å². The fourth-order valence-corrected chi connectivity index (χ4v) is 4.27. The molecule has 0 spiro atoms. The largest absolute Gasteiger partial charge is 0.486 e. The first-order valence-corrected chi connectivity index (χ1v) is 12.3. The number of anilines is 1. The summed E-state index contributed by atoms with van der Waals surface area (Å²) in [5.74, 6) is 0.259. The van der Waals surface area contributed by atoms with Gasteiger partial charge in [-0.15, -0.1) is 10.2 Å². The van der Waals surface area contributed by atoms with Crippen molar-refractivity contribution >= 4 is 34.7 Å². The summed E-state index contributed by atoms with van der Waals surface area (Å²) in [7, 11) is 0. The van der Waals surface area contributed by atoms with Crippen LogP contribution in [0.25, 0.3) is 0 Å². The lowest BCUT2D eigenvalue weighted by Crippen LogP contribution is -2.30. The van der Waals surface area contributed by atoms with E-state index in [1.165, 1.54) is 0 Å². The van der Waals surface area contributed by atoms with E-state index in [0.29, 0.717) is 42.2 Å². The Labute approximate surface area is 207 Å². The topological polar surface area (TPSA) is 114 Å². The van der Waals surface area contributed by atoms with Gasteiger partial charge in [-0.1, -0.05) is 35.1 Å². The second-order valence-electron chi connectivity index (χ2n) is 8.23. The lowest BCUT2D eigenvalue weighted by molar-refractivity contribution is -0.127. The predicted octanol–water partition coefficient (Wildman–Crippen LogP) is 3.42. The van der Waals surface area contributed by atoms with Gasteiger partial charge in [0, 0.05) is 37.3 Å². The van der Waals surface area contributed by atoms with E-state index < -0.39 is 5.91 Å². The van der Waals surface area contributed by atoms with Crippen molar-refractivity contribution in [3.63, 3.8) is 0 Å². The number of aryl methyl sites for hydroxylation is 1. The van der Waals surface area contributed by atoms with E-state index in [1.807, 2.05) is 36.1 Å². The number of hydrogen-bond donors (Lipinski definition) is 2. The fourth-order valence-electron chi connectivity index (χ4n) is 3.62. The summed E-state index contributed by atoms with van der Waals surface area (Å²) >= 11 is 1.15. The third kappa shape index (κ3) is 6.86. The molecule has 2 N–H and O–H groups in total. The third-order valence-electron chi connectivity index (χ3n) is 5.49. The van der Waals surface area contributed by atoms with Crippen LogP contribution < -0.4 is 15.4 Å². The minimum Gasteiger partial charge on any atom is -0.486 e. The molecule has 0 aliphatic carbocycles. The van der Waals surface area contributed by atoms with Crippen LogP contribution in [-0.2, 0) is 11.4 Å². The molecule has 0 bridgehead atoms. The molecular formula is C25H27N5O4S. The van der Waals surface area contributed by atoms with Crippen molar-refractivity contribution < 1.29 is 19.1 Å². The standard InChI is InChI=1S/C25H27N5O4S/c1-17-8-10-20(11-9-17)34-16-21-28-29-25(35-21)24(33)27-19-6-2-5-18(15-19)23(32)26-12-4-14-30-13-3-7-22(30)31/h2,5-6,8-11,15H,3-4,7,12-14,16H2,1H3,(H,26,32)(H,27,33). The van der Waals surface area contributed by atoms with Crippen LogP contribution in [0.15, 0.2) is 48.5 Å². The maximum absolute atomic E-state index is 12.6. The second kappa shape index (κ2) is 11.6. The van der Waals surface area contributed by atoms with Crippen LogP contribution in [0.3, 0.4) is 0 Å². The van der Waals surface area contributed by atoms with Crippen LogP contribution in [0, 0.1) is 6.92 Å². The molecule has 2 heterocycles. The number of aromatic nitrogens is 2. The summed E-state index contributed by atoms with van der Waals surface area (Å²) in [6.07, 6.45) is 2.22. The number of benzene rings is 2. The number of ether oxygens (including phenoxy) is 1. The van der Waals surface area contributed by atoms with Gasteiger partial charge < -0.3 is 20.3 Å². The Bertz CT molecular complexity index is 1190. The van der Waals surface area contributed by atoms with Gasteiger partial charge in [0.1, 0.15) is 12.4 Å². The number of nitrogens with one attached hydrogen (secondary N) is 2. The third-order valence-corrected chi connectivity index (χ3v) is 6.38. The van der Waals surface area contributed by atoms with Crippen molar-refractivity contribution in [3.05, 3.63) is 69.7 Å². The van der Waals surface area contributed by atoms with Gasteiger partial charge in [-0.2, -0.15) is 0 Å². The first-order valence-electron chi connectivity index (χ1n) is 11.5. The monoisotopic (exact) mass is 493 g/mol. The van der Waals surface area contributed by atoms with Gasteiger partial charge in [-0.05, 0) is 50.1 Å². The lowest BCUT2D eigenvalue weighted by Gasteiger charge is -2.15. The Morgan fingerprint density at radius 3 is 2.71 bits per heavy atom. The quantitative estimate of drug-likeness (QED) is 0.419. The smallest absolute Gasteiger partial charge is 0.286 e. The number of amides is 3. The van der Waals surface area contributed by atoms with Crippen molar-refractivity contribution in [3.8, 4) is 5.75 Å². The molecule has 10 heteroatoms. The van der Waals surface area contributed by atoms with Gasteiger partial charge >= 0.3 is 0 Å². The molecule has 2 aromatic carbocycles. The summed E-state index contributed by atoms with van der Waals surface area (Å²) in [6, 6.07) is 14.4. The normalized spacial score (nSPS) is 13.1. The maximum Gasteiger partial charge on any atom is 0.286 e. The number of nitrogens with zero attached hydrogens (tertiary/aromatic N) is 3. The van der Waals surface area contributed by atoms with Gasteiger partial charge in [0.15, 0.2) is 5.01 Å². The molecule has 4 rings (SSSR count). The first-order chi connectivity index (χ1) is 17.0. The van der Waals surface area contributed by atoms with E-state index in [1.54, 1.807) is 24.3 Å². The highest BCUT2D eigenvalue weighted by Crippen LogP contribution is 2.18. The van der Waals surface area contributed by atoms with Crippen molar-refractivity contribution in [1.29, 1.82) is 0 Å². The predicted molar refractivity (Wildman–Crippen MR) is 133 cm³/mol. The number of carbonyl (C=O) groups excluding carboxylic acids is 3. The zero-order valence-corrected chi connectivity index (χ0v) is 20.3. The van der Waals surface area contributed by atoms with E-state index in [0.717, 1.165) is 35.6 Å². The molecule has 182 valence electrons. The number of rotatable bonds is 10. The molecule has 0 unspecified atom stereocenters. The average molecular weight is 494 g/mol. The molecule has 35 heavy (non-hydrogen) atoms. The highest BCUT2D eigenvalue weighted by molar-refractivity contribution is 7.13. The summed E-state index contributed by atoms with van der Waals surface area (Å²) < 4.78 is 5.69. The molecule has 9 nitrogen and oxygen atoms in total. The molecule has 3 aromatic rings. The van der Waals surface area contributed by atoms with Gasteiger partial charge in [0.2, 0.25) is 10.9 Å². The SMILES string of the molecule is Cc1ccc(OCc2nnc(C(=O)Nc3cccc(C(=O)NCCCN4CCCC4=O)c3)s2)cc1. The zero-order valence-electron chi connectivity index (χ0n) is 19.5. The molecule has 0 atom stereocenters. The zero-order chi connectivity index (χ0) is 24.6. The van der Waals surface area contributed by atoms with Gasteiger partial charge in [0.05, 0.1) is 0 Å². The van der Waals surface area contributed by atoms with E-state index >= 15 is 0 Å². The number of hydrogen-bond acceptors (Lipinski definition) is 7. The molecule has 0 radical (unpaired) electrons. The molecule has 1 aromatic heterocycles. The van der Waals surface area contributed by atoms with E-state index in [4.69, 9.17) is 4.74 Å². The van der Waals surface area contributed by atoms with Crippen LogP contribution in [0.4, 0.5) is 5.69 Å². The Hall–Kier alpha value is -3.79. The molecule has 1 aliphatic rings. The van der Waals surface area contributed by atoms with Crippen molar-refractivity contribution in [2.45, 2.75) is 32.8 Å². The minimum atomic E-state index is -0.406. The summed E-state index contributed by atoms with van der Waals surface area (Å²) in [5, 5.41) is 14.4. The maximum atomic E-state index is 12.6. The minimum absolute atomic E-state index is 0.182. The molecule has 1 fully saturated rings. The van der Waals surface area contributed by atoms with Crippen molar-refractivity contribution in [2.24, 2.45) is 0 Å². The van der Waals surface area contributed by atoms with Crippen LogP contribution in [0.1, 0.15) is 50.0 Å². The Morgan fingerprint density at radius 2 is 1.94 bits per heavy atom. The van der Waals surface area contributed by atoms with Gasteiger partial charge in [-0.3, -0.25) is 14.4 Å². The van der Waals surface area contributed by atoms with Crippen LogP contribution in [0.5, 0.6) is 5.75 Å². The molecule has 1 saturated heterocycles. The van der Waals surface area contributed by atoms with Crippen molar-refractivity contribution in [2.75, 3.05) is 25.0 Å². The van der Waals surface area contributed by atoms with Crippen LogP contribution in [0.2, 0.25) is 0 Å². The van der Waals surface area contributed by atoms with Crippen LogP contribution >= 0.6 is 11.3 Å². The Balaban J connectivity index is 1.25. The lowest BCUT2D eigenvalue weighted by atomic mass is 10.2. The molecular weight excluding hydrogens is 466 g/mol.